The lowest BCUT2D eigenvalue weighted by Crippen LogP contribution is -1.97. The molecule has 2 aromatic rings. The lowest BCUT2D eigenvalue weighted by Gasteiger charge is -2.10. The van der Waals surface area contributed by atoms with Crippen LogP contribution in [-0.2, 0) is 0 Å². The summed E-state index contributed by atoms with van der Waals surface area (Å²) < 4.78 is 0.699. The van der Waals surface area contributed by atoms with Crippen LogP contribution in [0.5, 0.6) is 0 Å². The van der Waals surface area contributed by atoms with E-state index >= 15 is 0 Å². The average Bonchev–Trinajstić information content (AvgIpc) is 2.69. The van der Waals surface area contributed by atoms with Gasteiger partial charge in [-0.1, -0.05) is 26.1 Å². The zero-order chi connectivity index (χ0) is 10.8. The zero-order valence-corrected chi connectivity index (χ0v) is 10.3. The number of aromatic amines is 1. The van der Waals surface area contributed by atoms with E-state index in [0.717, 1.165) is 11.3 Å². The highest BCUT2D eigenvalue weighted by molar-refractivity contribution is 7.71. The normalized spacial score (nSPS) is 10.9. The van der Waals surface area contributed by atoms with E-state index in [1.54, 1.807) is 17.7 Å². The quantitative estimate of drug-likeness (QED) is 0.799. The molecule has 0 saturated carbocycles. The Bertz CT molecular complexity index is 498. The van der Waals surface area contributed by atoms with Gasteiger partial charge in [0.05, 0.1) is 12.0 Å². The van der Waals surface area contributed by atoms with Crippen molar-refractivity contribution in [3.05, 3.63) is 33.4 Å². The molecule has 2 aromatic heterocycles. The molecular weight excluding hydrogens is 224 g/mol. The summed E-state index contributed by atoms with van der Waals surface area (Å²) >= 11 is 6.95. The molecule has 0 amide bonds. The molecule has 0 aliphatic carbocycles. The van der Waals surface area contributed by atoms with Crippen LogP contribution in [0, 0.1) is 4.64 Å². The average molecular weight is 236 g/mol. The molecule has 4 heteroatoms. The van der Waals surface area contributed by atoms with E-state index < -0.39 is 0 Å². The van der Waals surface area contributed by atoms with Crippen LogP contribution in [0.3, 0.4) is 0 Å². The Morgan fingerprint density at radius 2 is 2.27 bits per heavy atom. The Morgan fingerprint density at radius 3 is 2.87 bits per heavy atom. The van der Waals surface area contributed by atoms with Gasteiger partial charge in [-0.15, -0.1) is 0 Å². The van der Waals surface area contributed by atoms with Crippen LogP contribution in [0.1, 0.15) is 25.3 Å². The number of thiophene rings is 1. The molecule has 0 aliphatic heterocycles. The largest absolute Gasteiger partial charge is 0.345 e. The first-order valence-corrected chi connectivity index (χ1v) is 6.15. The fraction of sp³-hybridized carbons (Fsp3) is 0.273. The third kappa shape index (κ3) is 2.01. The minimum atomic E-state index is 0.386. The van der Waals surface area contributed by atoms with Crippen LogP contribution in [0.15, 0.2) is 23.2 Å². The van der Waals surface area contributed by atoms with Gasteiger partial charge < -0.3 is 4.98 Å². The lowest BCUT2D eigenvalue weighted by atomic mass is 10.0. The molecule has 0 spiro atoms. The maximum Gasteiger partial charge on any atom is 0.133 e. The molecule has 0 unspecified atom stereocenters. The first kappa shape index (κ1) is 10.5. The Hall–Kier alpha value is -1.00. The summed E-state index contributed by atoms with van der Waals surface area (Å²) in [5, 5.41) is 4.18. The topological polar surface area (TPSA) is 28.7 Å². The first-order valence-electron chi connectivity index (χ1n) is 4.80. The number of H-pyrrole nitrogens is 1. The molecule has 0 radical (unpaired) electrons. The van der Waals surface area contributed by atoms with E-state index in [4.69, 9.17) is 12.2 Å². The minimum Gasteiger partial charge on any atom is -0.345 e. The first-order chi connectivity index (χ1) is 7.20. The second kappa shape index (κ2) is 4.24. The highest BCUT2D eigenvalue weighted by Crippen LogP contribution is 2.28. The standard InChI is InChI=1S/C11H12N2S2/c1-7(2)9-10(8-3-4-15-5-8)12-6-13-11(9)14/h3-7H,1-2H3,(H,12,13,14). The number of hydrogen-bond donors (Lipinski definition) is 1. The molecule has 0 aliphatic rings. The van der Waals surface area contributed by atoms with Crippen molar-refractivity contribution in [1.29, 1.82) is 0 Å². The Labute approximate surface area is 98.0 Å². The summed E-state index contributed by atoms with van der Waals surface area (Å²) in [4.78, 5) is 7.32. The monoisotopic (exact) mass is 236 g/mol. The zero-order valence-electron chi connectivity index (χ0n) is 8.65. The van der Waals surface area contributed by atoms with Crippen LogP contribution in [-0.4, -0.2) is 9.97 Å². The van der Waals surface area contributed by atoms with Crippen molar-refractivity contribution in [2.24, 2.45) is 0 Å². The van der Waals surface area contributed by atoms with Crippen molar-refractivity contribution in [3.8, 4) is 11.3 Å². The smallest absolute Gasteiger partial charge is 0.133 e. The van der Waals surface area contributed by atoms with Gasteiger partial charge in [0.25, 0.3) is 0 Å². The number of hydrogen-bond acceptors (Lipinski definition) is 3. The summed E-state index contributed by atoms with van der Waals surface area (Å²) in [7, 11) is 0. The Balaban J connectivity index is 2.67. The molecule has 0 fully saturated rings. The summed E-state index contributed by atoms with van der Waals surface area (Å²) in [6.07, 6.45) is 1.67. The predicted molar refractivity (Wildman–Crippen MR) is 66.8 cm³/mol. The van der Waals surface area contributed by atoms with Gasteiger partial charge in [0, 0.05) is 16.5 Å². The number of nitrogens with one attached hydrogen (secondary N) is 1. The fourth-order valence-electron chi connectivity index (χ4n) is 1.59. The maximum absolute atomic E-state index is 5.26. The number of rotatable bonds is 2. The highest BCUT2D eigenvalue weighted by Gasteiger charge is 2.11. The molecule has 0 aromatic carbocycles. The van der Waals surface area contributed by atoms with E-state index in [1.165, 1.54) is 5.56 Å². The molecular formula is C11H12N2S2. The third-order valence-electron chi connectivity index (χ3n) is 2.28. The van der Waals surface area contributed by atoms with Crippen molar-refractivity contribution < 1.29 is 0 Å². The van der Waals surface area contributed by atoms with Gasteiger partial charge in [-0.3, -0.25) is 0 Å². The van der Waals surface area contributed by atoms with Crippen molar-refractivity contribution in [1.82, 2.24) is 9.97 Å². The number of nitrogens with zero attached hydrogens (tertiary/aromatic N) is 1. The van der Waals surface area contributed by atoms with Crippen molar-refractivity contribution in [2.45, 2.75) is 19.8 Å². The van der Waals surface area contributed by atoms with E-state index in [9.17, 15) is 0 Å². The second-order valence-corrected chi connectivity index (χ2v) is 4.83. The van der Waals surface area contributed by atoms with Crippen molar-refractivity contribution in [2.75, 3.05) is 0 Å². The maximum atomic E-state index is 5.26. The third-order valence-corrected chi connectivity index (χ3v) is 3.29. The van der Waals surface area contributed by atoms with Crippen molar-refractivity contribution >= 4 is 23.6 Å². The van der Waals surface area contributed by atoms with E-state index in [2.05, 4.69) is 40.6 Å². The van der Waals surface area contributed by atoms with Crippen LogP contribution in [0.4, 0.5) is 0 Å². The van der Waals surface area contributed by atoms with Gasteiger partial charge in [0.2, 0.25) is 0 Å². The van der Waals surface area contributed by atoms with Crippen LogP contribution < -0.4 is 0 Å². The molecule has 15 heavy (non-hydrogen) atoms. The summed E-state index contributed by atoms with van der Waals surface area (Å²) in [6.45, 7) is 4.27. The van der Waals surface area contributed by atoms with E-state index in [-0.39, 0.29) is 0 Å². The summed E-state index contributed by atoms with van der Waals surface area (Å²) in [5.74, 6) is 0.386. The van der Waals surface area contributed by atoms with E-state index in [0.29, 0.717) is 10.6 Å². The number of aromatic nitrogens is 2. The van der Waals surface area contributed by atoms with E-state index in [1.807, 2.05) is 0 Å². The summed E-state index contributed by atoms with van der Waals surface area (Å²) in [5.41, 5.74) is 3.43. The fourth-order valence-corrected chi connectivity index (χ4v) is 2.63. The molecule has 0 saturated heterocycles. The second-order valence-electron chi connectivity index (χ2n) is 3.66. The molecule has 0 atom stereocenters. The minimum absolute atomic E-state index is 0.386. The SMILES string of the molecule is CC(C)c1c(-c2ccsc2)[nH]cnc1=S. The van der Waals surface area contributed by atoms with Gasteiger partial charge in [0.15, 0.2) is 0 Å². The molecule has 0 bridgehead atoms. The highest BCUT2D eigenvalue weighted by atomic mass is 32.1. The van der Waals surface area contributed by atoms with Gasteiger partial charge in [-0.2, -0.15) is 11.3 Å². The van der Waals surface area contributed by atoms with Crippen molar-refractivity contribution in [3.63, 3.8) is 0 Å². The Kier molecular flexibility index (Phi) is 2.98. The molecule has 1 N–H and O–H groups in total. The molecule has 2 heterocycles. The lowest BCUT2D eigenvalue weighted by molar-refractivity contribution is 0.844. The van der Waals surface area contributed by atoms with Crippen LogP contribution in [0.25, 0.3) is 11.3 Å². The molecule has 78 valence electrons. The van der Waals surface area contributed by atoms with Gasteiger partial charge in [-0.05, 0) is 17.4 Å². The van der Waals surface area contributed by atoms with Crippen LogP contribution in [0.2, 0.25) is 0 Å². The van der Waals surface area contributed by atoms with Gasteiger partial charge in [0.1, 0.15) is 4.64 Å². The molecule has 2 rings (SSSR count). The molecule has 2 nitrogen and oxygen atoms in total. The Morgan fingerprint density at radius 1 is 1.47 bits per heavy atom. The van der Waals surface area contributed by atoms with Gasteiger partial charge >= 0.3 is 0 Å². The van der Waals surface area contributed by atoms with Gasteiger partial charge in [-0.25, -0.2) is 4.98 Å². The predicted octanol–water partition coefficient (Wildman–Crippen LogP) is 3.99. The summed E-state index contributed by atoms with van der Waals surface area (Å²) in [6, 6.07) is 2.09. The van der Waals surface area contributed by atoms with Crippen LogP contribution >= 0.6 is 23.6 Å².